The van der Waals surface area contributed by atoms with E-state index in [9.17, 15) is 43.5 Å². The number of aromatic amines is 2. The molecule has 24 nitrogen and oxygen atoms in total. The Kier molecular flexibility index (Phi) is 24.9. The lowest BCUT2D eigenvalue weighted by atomic mass is 10.0. The molecule has 0 saturated heterocycles. The summed E-state index contributed by atoms with van der Waals surface area (Å²) in [5, 5.41) is 26.3. The maximum absolute atomic E-state index is 14.7. The van der Waals surface area contributed by atoms with Crippen molar-refractivity contribution in [2.24, 2.45) is 22.2 Å². The largest absolute Gasteiger partial charge is 0.481 e. The number of carboxylic acid groups (broad SMARTS) is 1. The van der Waals surface area contributed by atoms with Crippen LogP contribution >= 0.6 is 23.2 Å². The van der Waals surface area contributed by atoms with Gasteiger partial charge in [0.05, 0.1) is 19.5 Å². The third kappa shape index (κ3) is 20.3. The number of para-hydroxylation sites is 1. The average Bonchev–Trinajstić information content (AvgIpc) is 4.12. The number of methoxy groups -OCH3 is 1. The number of amides is 6. The number of aliphatic carboxylic acids is 1. The van der Waals surface area contributed by atoms with Gasteiger partial charge in [-0.05, 0) is 60.6 Å². The Hall–Kier alpha value is -8.22. The number of ether oxygens (including phenoxy) is 1. The van der Waals surface area contributed by atoms with Gasteiger partial charge in [0.2, 0.25) is 35.4 Å². The number of hydrogen-bond donors (Lipinski definition) is 12. The van der Waals surface area contributed by atoms with Crippen molar-refractivity contribution in [2.45, 2.75) is 87.6 Å². The summed E-state index contributed by atoms with van der Waals surface area (Å²) in [6.07, 6.45) is 3.29. The van der Waals surface area contributed by atoms with Gasteiger partial charge >= 0.3 is 11.9 Å². The second-order valence-corrected chi connectivity index (χ2v) is 19.1. The first kappa shape index (κ1) is 61.6. The van der Waals surface area contributed by atoms with E-state index >= 15 is 0 Å². The van der Waals surface area contributed by atoms with Gasteiger partial charge in [-0.15, -0.1) is 23.2 Å². The van der Waals surface area contributed by atoms with Crippen molar-refractivity contribution in [1.29, 1.82) is 0 Å². The molecule has 3 aromatic carbocycles. The van der Waals surface area contributed by atoms with Crippen molar-refractivity contribution >= 4 is 93.1 Å². The molecule has 0 saturated carbocycles. The van der Waals surface area contributed by atoms with Gasteiger partial charge in [-0.1, -0.05) is 60.7 Å². The van der Waals surface area contributed by atoms with Gasteiger partial charge in [0, 0.05) is 91.8 Å². The molecule has 424 valence electrons. The van der Waals surface area contributed by atoms with Gasteiger partial charge in [0.15, 0.2) is 5.96 Å². The number of fused-ring (bicyclic) bond motifs is 1. The second-order valence-electron chi connectivity index (χ2n) is 18.4. The lowest BCUT2D eigenvalue weighted by Gasteiger charge is -2.27. The number of rotatable bonds is 33. The number of imidazole rings is 1. The number of hydrogen-bond acceptors (Lipinski definition) is 13. The zero-order valence-electron chi connectivity index (χ0n) is 43.6. The number of halogens is 2. The van der Waals surface area contributed by atoms with Crippen LogP contribution in [0.15, 0.2) is 103 Å². The number of nitrogens with one attached hydrogen (secondary N) is 8. The number of esters is 1. The fraction of sp³-hybridized carbons (Fsp3) is 0.396. The van der Waals surface area contributed by atoms with E-state index in [2.05, 4.69) is 51.8 Å². The molecule has 0 aliphatic rings. The highest BCUT2D eigenvalue weighted by molar-refractivity contribution is 6.18. The third-order valence-electron chi connectivity index (χ3n) is 12.6. The molecule has 5 rings (SSSR count). The molecule has 6 atom stereocenters. The van der Waals surface area contributed by atoms with Crippen LogP contribution in [0.25, 0.3) is 10.9 Å². The van der Waals surface area contributed by atoms with E-state index in [1.54, 1.807) is 48.7 Å². The Labute approximate surface area is 466 Å². The fourth-order valence-electron chi connectivity index (χ4n) is 8.41. The highest BCUT2D eigenvalue weighted by atomic mass is 35.5. The Balaban J connectivity index is 1.39. The first-order chi connectivity index (χ1) is 38.0. The summed E-state index contributed by atoms with van der Waals surface area (Å²) >= 11 is 12.0. The number of guanidine groups is 1. The number of aromatic nitrogens is 3. The lowest BCUT2D eigenvalue weighted by Crippen LogP contribution is -2.60. The van der Waals surface area contributed by atoms with Crippen molar-refractivity contribution < 1.29 is 48.2 Å². The fourth-order valence-corrected chi connectivity index (χ4v) is 8.82. The minimum atomic E-state index is -1.49. The number of carbonyl (C=O) groups is 8. The van der Waals surface area contributed by atoms with Crippen LogP contribution in [0.3, 0.4) is 0 Å². The van der Waals surface area contributed by atoms with Crippen LogP contribution in [-0.2, 0) is 68.8 Å². The molecule has 0 aliphatic carbocycles. The minimum Gasteiger partial charge on any atom is -0.481 e. The zero-order chi connectivity index (χ0) is 57.3. The summed E-state index contributed by atoms with van der Waals surface area (Å²) in [5.41, 5.74) is 21.5. The minimum absolute atomic E-state index is 0.0408. The van der Waals surface area contributed by atoms with Crippen molar-refractivity contribution in [1.82, 2.24) is 46.9 Å². The molecular formula is C53H68Cl2N14O10. The van der Waals surface area contributed by atoms with E-state index in [0.717, 1.165) is 23.7 Å². The van der Waals surface area contributed by atoms with E-state index in [1.807, 2.05) is 41.3 Å². The molecule has 6 amide bonds. The van der Waals surface area contributed by atoms with E-state index < -0.39 is 96.6 Å². The maximum Gasteiger partial charge on any atom is 0.325 e. The molecule has 26 heteroatoms. The number of nitrogens with zero attached hydrogens (tertiary/aromatic N) is 3. The first-order valence-electron chi connectivity index (χ1n) is 25.4. The molecule has 5 aromatic rings. The van der Waals surface area contributed by atoms with E-state index in [0.29, 0.717) is 47.2 Å². The van der Waals surface area contributed by atoms with E-state index in [4.69, 9.17) is 45.1 Å². The molecule has 0 aliphatic heterocycles. The molecule has 0 spiro atoms. The second kappa shape index (κ2) is 31.9. The highest BCUT2D eigenvalue weighted by Gasteiger charge is 2.34. The SMILES string of the molecule is COC(=O)CNC(=O)[C@H](Cc1c[nH]c2ccccc12)NC(=O)[C@H](CCCN=C(N)N)NC(=O)[C@H](Cc1ccccc1)NC(=O)[C@H](Cc1cnc[nH]1)NC(=O)[C@H](CCC(=O)O)NC(=O)[C@@H](N)Cc1ccc(N(CCCl)CCCl)cc1. The normalized spacial score (nSPS) is 13.3. The molecule has 0 fully saturated rings. The van der Waals surface area contributed by atoms with E-state index in [-0.39, 0.29) is 57.5 Å². The molecule has 2 heterocycles. The molecule has 2 aromatic heterocycles. The third-order valence-corrected chi connectivity index (χ3v) is 12.9. The van der Waals surface area contributed by atoms with Gasteiger partial charge < -0.3 is 73.8 Å². The highest BCUT2D eigenvalue weighted by Crippen LogP contribution is 2.20. The number of benzene rings is 3. The van der Waals surface area contributed by atoms with Crippen molar-refractivity contribution in [3.8, 4) is 0 Å². The molecule has 0 bridgehead atoms. The van der Waals surface area contributed by atoms with Gasteiger partial charge in [0.25, 0.3) is 0 Å². The summed E-state index contributed by atoms with van der Waals surface area (Å²) in [6.45, 7) is 0.687. The topological polar surface area (TPSA) is 376 Å². The van der Waals surface area contributed by atoms with Gasteiger partial charge in [-0.2, -0.15) is 0 Å². The number of aliphatic imine (C=N–C) groups is 1. The monoisotopic (exact) mass is 1130 g/mol. The summed E-state index contributed by atoms with van der Waals surface area (Å²) in [4.78, 5) is 125. The summed E-state index contributed by atoms with van der Waals surface area (Å²) in [5.74, 6) is -6.37. The predicted molar refractivity (Wildman–Crippen MR) is 298 cm³/mol. The number of nitrogens with two attached hydrogens (primary N) is 3. The number of carbonyl (C=O) groups excluding carboxylic acids is 7. The lowest BCUT2D eigenvalue weighted by molar-refractivity contribution is -0.141. The summed E-state index contributed by atoms with van der Waals surface area (Å²) in [6, 6.07) is 15.0. The number of carboxylic acids is 1. The van der Waals surface area contributed by atoms with Gasteiger partial charge in [0.1, 0.15) is 36.8 Å². The number of H-pyrrole nitrogens is 2. The first-order valence-corrected chi connectivity index (χ1v) is 26.5. The van der Waals surface area contributed by atoms with Crippen LogP contribution in [0.1, 0.15) is 48.1 Å². The van der Waals surface area contributed by atoms with Crippen LogP contribution in [0.4, 0.5) is 5.69 Å². The van der Waals surface area contributed by atoms with Crippen molar-refractivity contribution in [2.75, 3.05) is 49.9 Å². The average molecular weight is 1130 g/mol. The Morgan fingerprint density at radius 1 is 0.684 bits per heavy atom. The Morgan fingerprint density at radius 3 is 1.86 bits per heavy atom. The van der Waals surface area contributed by atoms with Crippen LogP contribution in [0.5, 0.6) is 0 Å². The zero-order valence-corrected chi connectivity index (χ0v) is 45.1. The Bertz CT molecular complexity index is 2830. The molecule has 0 unspecified atom stereocenters. The van der Waals surface area contributed by atoms with Crippen LogP contribution in [-0.4, -0.2) is 155 Å². The summed E-state index contributed by atoms with van der Waals surface area (Å²) < 4.78 is 4.69. The van der Waals surface area contributed by atoms with Crippen LogP contribution in [0.2, 0.25) is 0 Å². The Morgan fingerprint density at radius 2 is 1.25 bits per heavy atom. The predicted octanol–water partition coefficient (Wildman–Crippen LogP) is 0.404. The van der Waals surface area contributed by atoms with Crippen molar-refractivity contribution in [3.05, 3.63) is 120 Å². The molecule has 79 heavy (non-hydrogen) atoms. The van der Waals surface area contributed by atoms with Crippen LogP contribution in [0, 0.1) is 0 Å². The van der Waals surface area contributed by atoms with Gasteiger partial charge in [-0.3, -0.25) is 43.3 Å². The summed E-state index contributed by atoms with van der Waals surface area (Å²) in [7, 11) is 1.16. The quantitative estimate of drug-likeness (QED) is 0.00890. The molecular weight excluding hydrogens is 1060 g/mol. The van der Waals surface area contributed by atoms with Crippen molar-refractivity contribution in [3.63, 3.8) is 0 Å². The number of anilines is 1. The smallest absolute Gasteiger partial charge is 0.325 e. The number of alkyl halides is 2. The van der Waals surface area contributed by atoms with E-state index in [1.165, 1.54) is 12.5 Å². The molecule has 15 N–H and O–H groups in total. The van der Waals surface area contributed by atoms with Gasteiger partial charge in [-0.25, -0.2) is 4.98 Å². The maximum atomic E-state index is 14.7. The van der Waals surface area contributed by atoms with Crippen LogP contribution < -0.4 is 54.0 Å². The molecule has 0 radical (unpaired) electrons. The standard InChI is InChI=1S/C53H68Cl2N14O10/c1-79-46(72)30-62-48(74)43(26-34-28-61-39-11-6-5-10-37(34)39)67-49(75)40(12-7-21-60-53(57)58)65-51(77)42(25-32-8-3-2-4-9-32)66-52(78)44(27-35-29-59-31-63-35)68-50(76)41(17-18-45(70)71)64-47(73)38(56)24-33-13-15-36(16-14-33)69(22-19-54)23-20-55/h2-6,8-11,13-16,28-29,31,38,40-44,61H,7,12,17-27,30,56H2,1H3,(H,59,63)(H,62,74)(H,64,73)(H,65,77)(H,66,78)(H,67,75)(H,68,76)(H,70,71)(H4,57,58,60)/t38-,40-,41-,42-,43-,44-/m0/s1.